The van der Waals surface area contributed by atoms with Crippen molar-refractivity contribution in [2.45, 2.75) is 24.8 Å². The molecule has 0 N–H and O–H groups in total. The topological polar surface area (TPSA) is 92.7 Å². The number of amides is 1. The molecule has 0 fully saturated rings. The lowest BCUT2D eigenvalue weighted by molar-refractivity contribution is 0.0984. The molecule has 10 heteroatoms. The van der Waals surface area contributed by atoms with Crippen LogP contribution in [0.1, 0.15) is 28.5 Å². The number of pyridine rings is 1. The highest BCUT2D eigenvalue weighted by molar-refractivity contribution is 7.92. The number of nitrogens with zero attached hydrogens (tertiary/aromatic N) is 4. The summed E-state index contributed by atoms with van der Waals surface area (Å²) in [6.45, 7) is 3.01. The number of carbonyl (C=O) groups is 1. The number of thiazole rings is 1. The van der Waals surface area contributed by atoms with Crippen LogP contribution < -0.4 is 13.9 Å². The summed E-state index contributed by atoms with van der Waals surface area (Å²) in [5.41, 5.74) is 3.45. The molecular weight excluding hydrogens is 544 g/mol. The van der Waals surface area contributed by atoms with Gasteiger partial charge in [-0.1, -0.05) is 41.7 Å². The number of aromatic nitrogens is 2. The molecule has 0 saturated heterocycles. The second kappa shape index (κ2) is 10.7. The maximum atomic E-state index is 13.9. The molecular formula is C30H26N4O4S2. The molecule has 40 heavy (non-hydrogen) atoms. The minimum absolute atomic E-state index is 0.137. The van der Waals surface area contributed by atoms with Crippen LogP contribution >= 0.6 is 11.3 Å². The molecule has 1 amide bonds. The van der Waals surface area contributed by atoms with Crippen molar-refractivity contribution >= 4 is 48.3 Å². The Morgan fingerprint density at radius 2 is 1.80 bits per heavy atom. The van der Waals surface area contributed by atoms with Crippen molar-refractivity contribution in [2.24, 2.45) is 0 Å². The second-order valence-electron chi connectivity index (χ2n) is 9.22. The van der Waals surface area contributed by atoms with Crippen LogP contribution in [0.2, 0.25) is 0 Å². The highest BCUT2D eigenvalue weighted by Gasteiger charge is 2.31. The van der Waals surface area contributed by atoms with E-state index in [1.165, 1.54) is 27.8 Å². The first-order valence-corrected chi connectivity index (χ1v) is 15.2. The van der Waals surface area contributed by atoms with Crippen LogP contribution in [0, 0.1) is 0 Å². The van der Waals surface area contributed by atoms with E-state index in [9.17, 15) is 13.2 Å². The van der Waals surface area contributed by atoms with E-state index in [1.807, 2.05) is 67.6 Å². The van der Waals surface area contributed by atoms with Gasteiger partial charge in [0.15, 0.2) is 5.13 Å². The van der Waals surface area contributed by atoms with Crippen molar-refractivity contribution in [2.75, 3.05) is 22.4 Å². The fourth-order valence-corrected chi connectivity index (χ4v) is 7.27. The third-order valence-electron chi connectivity index (χ3n) is 6.73. The molecule has 1 aliphatic heterocycles. The van der Waals surface area contributed by atoms with Crippen molar-refractivity contribution in [3.8, 4) is 5.75 Å². The second-order valence-corrected chi connectivity index (χ2v) is 12.1. The lowest BCUT2D eigenvalue weighted by Gasteiger charge is -2.21. The van der Waals surface area contributed by atoms with Gasteiger partial charge in [0.1, 0.15) is 11.3 Å². The van der Waals surface area contributed by atoms with Crippen LogP contribution in [0.4, 0.5) is 10.8 Å². The molecule has 6 rings (SSSR count). The van der Waals surface area contributed by atoms with Gasteiger partial charge in [-0.3, -0.25) is 19.0 Å². The zero-order chi connectivity index (χ0) is 27.7. The van der Waals surface area contributed by atoms with Gasteiger partial charge in [-0.25, -0.2) is 13.4 Å². The van der Waals surface area contributed by atoms with Crippen LogP contribution in [-0.2, 0) is 23.0 Å². The van der Waals surface area contributed by atoms with E-state index in [1.54, 1.807) is 23.2 Å². The Morgan fingerprint density at radius 3 is 2.58 bits per heavy atom. The zero-order valence-electron chi connectivity index (χ0n) is 21.7. The minimum Gasteiger partial charge on any atom is -0.492 e. The van der Waals surface area contributed by atoms with Crippen molar-refractivity contribution in [3.05, 3.63) is 108 Å². The molecule has 202 valence electrons. The number of sulfonamides is 1. The summed E-state index contributed by atoms with van der Waals surface area (Å²) in [6, 6.07) is 24.9. The van der Waals surface area contributed by atoms with Crippen molar-refractivity contribution in [3.63, 3.8) is 0 Å². The summed E-state index contributed by atoms with van der Waals surface area (Å²) >= 11 is 1.39. The SMILES string of the molecule is CCOc1cccc2sc(N(Cc3ccccn3)C(=O)c3ccc(S(=O)(=O)N4CCc5ccccc54)cc3)nc12. The number of carbonyl (C=O) groups excluding carboxylic acids is 1. The Hall–Kier alpha value is -4.28. The van der Waals surface area contributed by atoms with Gasteiger partial charge >= 0.3 is 0 Å². The van der Waals surface area contributed by atoms with Gasteiger partial charge in [0, 0.05) is 18.3 Å². The highest BCUT2D eigenvalue weighted by Crippen LogP contribution is 2.36. The van der Waals surface area contributed by atoms with Crippen LogP contribution in [0.5, 0.6) is 5.75 Å². The van der Waals surface area contributed by atoms with Crippen molar-refractivity contribution < 1.29 is 17.9 Å². The lowest BCUT2D eigenvalue weighted by Crippen LogP contribution is -2.31. The van der Waals surface area contributed by atoms with Gasteiger partial charge in [-0.05, 0) is 73.5 Å². The lowest BCUT2D eigenvalue weighted by atomic mass is 10.2. The standard InChI is InChI=1S/C30H26N4O4S2/c1-2-38-26-11-7-12-27-28(26)32-30(39-27)33(20-23-9-5-6-18-31-23)29(35)22-13-15-24(16-14-22)40(36,37)34-19-17-21-8-3-4-10-25(21)34/h3-16,18H,2,17,19-20H2,1H3. The first kappa shape index (κ1) is 26.0. The Balaban J connectivity index is 1.33. The number of anilines is 2. The molecule has 8 nitrogen and oxygen atoms in total. The van der Waals surface area contributed by atoms with E-state index in [2.05, 4.69) is 4.98 Å². The fraction of sp³-hybridized carbons (Fsp3) is 0.167. The Kier molecular flexibility index (Phi) is 6.95. The van der Waals surface area contributed by atoms with Gasteiger partial charge < -0.3 is 4.74 Å². The van der Waals surface area contributed by atoms with Crippen molar-refractivity contribution in [1.82, 2.24) is 9.97 Å². The highest BCUT2D eigenvalue weighted by atomic mass is 32.2. The summed E-state index contributed by atoms with van der Waals surface area (Å²) in [6.07, 6.45) is 2.35. The minimum atomic E-state index is -3.77. The molecule has 3 heterocycles. The molecule has 0 radical (unpaired) electrons. The quantitative estimate of drug-likeness (QED) is 0.238. The third-order valence-corrected chi connectivity index (χ3v) is 9.60. The number of ether oxygens (including phenoxy) is 1. The van der Waals surface area contributed by atoms with Gasteiger partial charge in [0.05, 0.1) is 34.1 Å². The Morgan fingerprint density at radius 1 is 1.00 bits per heavy atom. The zero-order valence-corrected chi connectivity index (χ0v) is 23.4. The summed E-state index contributed by atoms with van der Waals surface area (Å²) in [4.78, 5) is 24.8. The van der Waals surface area contributed by atoms with Crippen LogP contribution in [-0.4, -0.2) is 37.4 Å². The predicted octanol–water partition coefficient (Wildman–Crippen LogP) is 5.69. The number of hydrogen-bond donors (Lipinski definition) is 0. The van der Waals surface area contributed by atoms with Gasteiger partial charge in [-0.2, -0.15) is 0 Å². The molecule has 3 aromatic carbocycles. The Bertz CT molecular complexity index is 1790. The summed E-state index contributed by atoms with van der Waals surface area (Å²) in [5, 5.41) is 0.503. The number of hydrogen-bond acceptors (Lipinski definition) is 7. The smallest absolute Gasteiger partial charge is 0.264 e. The molecule has 0 saturated carbocycles. The van der Waals surface area contributed by atoms with E-state index < -0.39 is 10.0 Å². The first-order valence-electron chi connectivity index (χ1n) is 12.9. The Labute approximate surface area is 236 Å². The van der Waals surface area contributed by atoms with Crippen molar-refractivity contribution in [1.29, 1.82) is 0 Å². The molecule has 5 aromatic rings. The summed E-state index contributed by atoms with van der Waals surface area (Å²) < 4.78 is 35.0. The van der Waals surface area contributed by atoms with E-state index in [-0.39, 0.29) is 17.3 Å². The number of rotatable bonds is 8. The van der Waals surface area contributed by atoms with E-state index >= 15 is 0 Å². The van der Waals surface area contributed by atoms with Gasteiger partial charge in [-0.15, -0.1) is 0 Å². The first-order chi connectivity index (χ1) is 19.5. The predicted molar refractivity (Wildman–Crippen MR) is 157 cm³/mol. The maximum absolute atomic E-state index is 13.9. The van der Waals surface area contributed by atoms with Gasteiger partial charge in [0.2, 0.25) is 0 Å². The largest absolute Gasteiger partial charge is 0.492 e. The van der Waals surface area contributed by atoms with Crippen LogP contribution in [0.3, 0.4) is 0 Å². The monoisotopic (exact) mass is 570 g/mol. The molecule has 0 unspecified atom stereocenters. The number of fused-ring (bicyclic) bond motifs is 2. The normalized spacial score (nSPS) is 12.9. The molecule has 0 bridgehead atoms. The summed E-state index contributed by atoms with van der Waals surface area (Å²) in [7, 11) is -3.77. The molecule has 0 atom stereocenters. The number of para-hydroxylation sites is 2. The third kappa shape index (κ3) is 4.80. The number of benzene rings is 3. The van der Waals surface area contributed by atoms with E-state index in [0.29, 0.717) is 52.9 Å². The van der Waals surface area contributed by atoms with E-state index in [4.69, 9.17) is 9.72 Å². The average Bonchev–Trinajstić information content (AvgIpc) is 3.62. The maximum Gasteiger partial charge on any atom is 0.264 e. The van der Waals surface area contributed by atoms with Gasteiger partial charge in [0.25, 0.3) is 15.9 Å². The van der Waals surface area contributed by atoms with Crippen LogP contribution in [0.15, 0.2) is 96.0 Å². The van der Waals surface area contributed by atoms with Crippen LogP contribution in [0.25, 0.3) is 10.2 Å². The summed E-state index contributed by atoms with van der Waals surface area (Å²) in [5.74, 6) is 0.351. The fourth-order valence-electron chi connectivity index (χ4n) is 4.79. The molecule has 0 spiro atoms. The molecule has 0 aliphatic carbocycles. The van der Waals surface area contributed by atoms with E-state index in [0.717, 1.165) is 10.3 Å². The molecule has 1 aliphatic rings. The average molecular weight is 571 g/mol. The molecule has 2 aromatic heterocycles.